The standard InChI is InChI=1S/C21H23N3O/c1-15(2)13-24-19-11-7-6-10-18(19)22-21(24)16-12-20(25)23(14-16)17-8-4-3-5-9-17/h3-11,15-16H,12-14H2,1-2H3. The Kier molecular flexibility index (Phi) is 4.04. The smallest absolute Gasteiger partial charge is 0.227 e. The van der Waals surface area contributed by atoms with E-state index in [9.17, 15) is 4.79 Å². The summed E-state index contributed by atoms with van der Waals surface area (Å²) in [5.74, 6) is 1.89. The van der Waals surface area contributed by atoms with E-state index in [4.69, 9.17) is 4.98 Å². The van der Waals surface area contributed by atoms with Crippen LogP contribution in [0, 0.1) is 5.92 Å². The Bertz CT molecular complexity index is 898. The summed E-state index contributed by atoms with van der Waals surface area (Å²) in [6.07, 6.45) is 0.524. The second kappa shape index (κ2) is 6.36. The Balaban J connectivity index is 1.71. The molecule has 0 spiro atoms. The summed E-state index contributed by atoms with van der Waals surface area (Å²) in [6, 6.07) is 18.2. The Hall–Kier alpha value is -2.62. The number of hydrogen-bond acceptors (Lipinski definition) is 2. The molecule has 1 unspecified atom stereocenters. The zero-order valence-corrected chi connectivity index (χ0v) is 14.7. The van der Waals surface area contributed by atoms with Crippen molar-refractivity contribution in [1.82, 2.24) is 9.55 Å². The normalized spacial score (nSPS) is 17.8. The number of amides is 1. The molecule has 4 nitrogen and oxygen atoms in total. The second-order valence-corrected chi connectivity index (χ2v) is 7.20. The van der Waals surface area contributed by atoms with E-state index in [1.165, 1.54) is 0 Å². The molecule has 0 saturated carbocycles. The van der Waals surface area contributed by atoms with E-state index < -0.39 is 0 Å². The first kappa shape index (κ1) is 15.9. The topological polar surface area (TPSA) is 38.1 Å². The third kappa shape index (κ3) is 2.93. The lowest BCUT2D eigenvalue weighted by Crippen LogP contribution is -2.24. The number of nitrogens with zero attached hydrogens (tertiary/aromatic N) is 3. The van der Waals surface area contributed by atoms with Crippen LogP contribution in [0.15, 0.2) is 54.6 Å². The molecule has 1 saturated heterocycles. The largest absolute Gasteiger partial charge is 0.327 e. The summed E-state index contributed by atoms with van der Waals surface area (Å²) in [7, 11) is 0. The zero-order valence-electron chi connectivity index (χ0n) is 14.7. The predicted octanol–water partition coefficient (Wildman–Crippen LogP) is 4.21. The van der Waals surface area contributed by atoms with Gasteiger partial charge in [0.2, 0.25) is 5.91 Å². The molecule has 1 amide bonds. The summed E-state index contributed by atoms with van der Waals surface area (Å²) in [4.78, 5) is 19.4. The molecule has 4 heteroatoms. The van der Waals surface area contributed by atoms with Crippen LogP contribution < -0.4 is 4.90 Å². The minimum atomic E-state index is 0.138. The molecule has 1 fully saturated rings. The van der Waals surface area contributed by atoms with Crippen LogP contribution in [0.1, 0.15) is 32.0 Å². The third-order valence-corrected chi connectivity index (χ3v) is 4.79. The van der Waals surface area contributed by atoms with E-state index in [1.807, 2.05) is 41.3 Å². The van der Waals surface area contributed by atoms with Crippen LogP contribution in [-0.4, -0.2) is 22.0 Å². The van der Waals surface area contributed by atoms with Crippen molar-refractivity contribution in [2.75, 3.05) is 11.4 Å². The molecule has 2 aromatic carbocycles. The van der Waals surface area contributed by atoms with Gasteiger partial charge in [0.1, 0.15) is 5.82 Å². The highest BCUT2D eigenvalue weighted by Crippen LogP contribution is 2.33. The molecular formula is C21H23N3O. The first-order chi connectivity index (χ1) is 12.1. The lowest BCUT2D eigenvalue weighted by atomic mass is 10.1. The fourth-order valence-corrected chi connectivity index (χ4v) is 3.70. The zero-order chi connectivity index (χ0) is 17.4. The molecule has 1 atom stereocenters. The molecule has 1 aliphatic rings. The van der Waals surface area contributed by atoms with Gasteiger partial charge in [-0.05, 0) is 30.2 Å². The average Bonchev–Trinajstić information content (AvgIpc) is 3.16. The van der Waals surface area contributed by atoms with Crippen molar-refractivity contribution < 1.29 is 4.79 Å². The number of para-hydroxylation sites is 3. The van der Waals surface area contributed by atoms with Gasteiger partial charge in [-0.1, -0.05) is 44.2 Å². The van der Waals surface area contributed by atoms with Gasteiger partial charge < -0.3 is 9.47 Å². The predicted molar refractivity (Wildman–Crippen MR) is 101 cm³/mol. The third-order valence-electron chi connectivity index (χ3n) is 4.79. The van der Waals surface area contributed by atoms with Crippen LogP contribution in [0.2, 0.25) is 0 Å². The van der Waals surface area contributed by atoms with Crippen LogP contribution >= 0.6 is 0 Å². The molecule has 0 N–H and O–H groups in total. The van der Waals surface area contributed by atoms with E-state index in [2.05, 4.69) is 36.6 Å². The van der Waals surface area contributed by atoms with Crippen molar-refractivity contribution in [2.24, 2.45) is 5.92 Å². The number of aromatic nitrogens is 2. The van der Waals surface area contributed by atoms with Crippen molar-refractivity contribution in [2.45, 2.75) is 32.7 Å². The molecule has 1 aromatic heterocycles. The fraction of sp³-hybridized carbons (Fsp3) is 0.333. The molecule has 128 valence electrons. The summed E-state index contributed by atoms with van der Waals surface area (Å²) in [5, 5.41) is 0. The van der Waals surface area contributed by atoms with Crippen LogP contribution in [-0.2, 0) is 11.3 Å². The lowest BCUT2D eigenvalue weighted by Gasteiger charge is -2.18. The number of carbonyl (C=O) groups is 1. The van der Waals surface area contributed by atoms with Crippen LogP contribution in [0.3, 0.4) is 0 Å². The summed E-state index contributed by atoms with van der Waals surface area (Å²) in [5.41, 5.74) is 3.15. The van der Waals surface area contributed by atoms with Crippen molar-refractivity contribution in [3.05, 3.63) is 60.4 Å². The van der Waals surface area contributed by atoms with Crippen LogP contribution in [0.25, 0.3) is 11.0 Å². The molecule has 0 aliphatic carbocycles. The first-order valence-electron chi connectivity index (χ1n) is 8.94. The van der Waals surface area contributed by atoms with Gasteiger partial charge in [0.05, 0.1) is 11.0 Å². The van der Waals surface area contributed by atoms with Gasteiger partial charge in [-0.25, -0.2) is 4.98 Å². The van der Waals surface area contributed by atoms with Gasteiger partial charge >= 0.3 is 0 Å². The summed E-state index contributed by atoms with van der Waals surface area (Å²) < 4.78 is 2.31. The molecule has 0 radical (unpaired) electrons. The second-order valence-electron chi connectivity index (χ2n) is 7.20. The Morgan fingerprint density at radius 2 is 1.80 bits per heavy atom. The summed E-state index contributed by atoms with van der Waals surface area (Å²) in [6.45, 7) is 6.05. The molecular weight excluding hydrogens is 310 g/mol. The van der Waals surface area contributed by atoms with E-state index >= 15 is 0 Å². The minimum Gasteiger partial charge on any atom is -0.327 e. The van der Waals surface area contributed by atoms with E-state index in [0.717, 1.165) is 29.1 Å². The quantitative estimate of drug-likeness (QED) is 0.717. The first-order valence-corrected chi connectivity index (χ1v) is 8.94. The minimum absolute atomic E-state index is 0.138. The Labute approximate surface area is 148 Å². The number of rotatable bonds is 4. The highest BCUT2D eigenvalue weighted by Gasteiger charge is 2.34. The number of imidazole rings is 1. The Morgan fingerprint density at radius 1 is 1.08 bits per heavy atom. The van der Waals surface area contributed by atoms with Crippen molar-refractivity contribution in [3.63, 3.8) is 0 Å². The van der Waals surface area contributed by atoms with Crippen molar-refractivity contribution in [3.8, 4) is 0 Å². The molecule has 2 heterocycles. The highest BCUT2D eigenvalue weighted by molar-refractivity contribution is 5.96. The molecule has 25 heavy (non-hydrogen) atoms. The maximum atomic E-state index is 12.6. The monoisotopic (exact) mass is 333 g/mol. The SMILES string of the molecule is CC(C)Cn1c(C2CC(=O)N(c3ccccc3)C2)nc2ccccc21. The summed E-state index contributed by atoms with van der Waals surface area (Å²) >= 11 is 0. The number of carbonyl (C=O) groups excluding carboxylic acids is 1. The molecule has 1 aliphatic heterocycles. The lowest BCUT2D eigenvalue weighted by molar-refractivity contribution is -0.117. The number of benzene rings is 2. The number of hydrogen-bond donors (Lipinski definition) is 0. The molecule has 0 bridgehead atoms. The molecule has 4 rings (SSSR count). The van der Waals surface area contributed by atoms with Crippen molar-refractivity contribution in [1.29, 1.82) is 0 Å². The number of anilines is 1. The number of fused-ring (bicyclic) bond motifs is 1. The average molecular weight is 333 g/mol. The van der Waals surface area contributed by atoms with E-state index in [0.29, 0.717) is 18.9 Å². The highest BCUT2D eigenvalue weighted by atomic mass is 16.2. The van der Waals surface area contributed by atoms with Gasteiger partial charge in [-0.3, -0.25) is 4.79 Å². The van der Waals surface area contributed by atoms with Gasteiger partial charge in [-0.2, -0.15) is 0 Å². The van der Waals surface area contributed by atoms with E-state index in [1.54, 1.807) is 0 Å². The van der Waals surface area contributed by atoms with E-state index in [-0.39, 0.29) is 11.8 Å². The van der Waals surface area contributed by atoms with Gasteiger partial charge in [-0.15, -0.1) is 0 Å². The van der Waals surface area contributed by atoms with Gasteiger partial charge in [0, 0.05) is 31.1 Å². The van der Waals surface area contributed by atoms with Crippen LogP contribution in [0.4, 0.5) is 5.69 Å². The van der Waals surface area contributed by atoms with Crippen LogP contribution in [0.5, 0.6) is 0 Å². The molecule has 3 aromatic rings. The maximum Gasteiger partial charge on any atom is 0.227 e. The van der Waals surface area contributed by atoms with Gasteiger partial charge in [0.25, 0.3) is 0 Å². The fourth-order valence-electron chi connectivity index (χ4n) is 3.70. The maximum absolute atomic E-state index is 12.6. The van der Waals surface area contributed by atoms with Gasteiger partial charge in [0.15, 0.2) is 0 Å². The van der Waals surface area contributed by atoms with Crippen molar-refractivity contribution >= 4 is 22.6 Å². The Morgan fingerprint density at radius 3 is 2.56 bits per heavy atom.